The minimum Gasteiger partial charge on any atom is -0.361 e. The van der Waals surface area contributed by atoms with Gasteiger partial charge in [-0.25, -0.2) is 9.97 Å². The summed E-state index contributed by atoms with van der Waals surface area (Å²) >= 11 is 0. The lowest BCUT2D eigenvalue weighted by Gasteiger charge is -2.32. The van der Waals surface area contributed by atoms with Crippen molar-refractivity contribution in [1.82, 2.24) is 30.2 Å². The molecule has 0 aliphatic carbocycles. The van der Waals surface area contributed by atoms with Gasteiger partial charge in [-0.1, -0.05) is 5.16 Å². The van der Waals surface area contributed by atoms with Gasteiger partial charge in [-0.05, 0) is 51.2 Å². The molecule has 3 aromatic rings. The third-order valence-corrected chi connectivity index (χ3v) is 5.05. The van der Waals surface area contributed by atoms with E-state index in [1.54, 1.807) is 18.6 Å². The number of carbonyl (C=O) groups excluding carboxylic acids is 1. The molecule has 0 unspecified atom stereocenters. The van der Waals surface area contributed by atoms with E-state index in [4.69, 9.17) is 4.52 Å². The molecule has 1 atom stereocenters. The molecule has 8 heteroatoms. The highest BCUT2D eigenvalue weighted by atomic mass is 16.5. The number of amides is 1. The second kappa shape index (κ2) is 7.30. The first-order valence-electron chi connectivity index (χ1n) is 9.14. The van der Waals surface area contributed by atoms with Gasteiger partial charge in [0.1, 0.15) is 17.8 Å². The molecule has 0 radical (unpaired) electrons. The van der Waals surface area contributed by atoms with E-state index in [1.807, 2.05) is 24.8 Å². The lowest BCUT2D eigenvalue weighted by Crippen LogP contribution is -2.40. The third-order valence-electron chi connectivity index (χ3n) is 5.05. The summed E-state index contributed by atoms with van der Waals surface area (Å²) < 4.78 is 5.25. The molecule has 0 aromatic carbocycles. The molecule has 0 bridgehead atoms. The van der Waals surface area contributed by atoms with Gasteiger partial charge in [-0.15, -0.1) is 0 Å². The second-order valence-corrected chi connectivity index (χ2v) is 7.03. The van der Waals surface area contributed by atoms with Crippen LogP contribution in [-0.4, -0.2) is 49.2 Å². The summed E-state index contributed by atoms with van der Waals surface area (Å²) in [5.41, 5.74) is 4.10. The minimum absolute atomic E-state index is 0.0105. The minimum atomic E-state index is 0.0105. The van der Waals surface area contributed by atoms with Crippen LogP contribution in [0.5, 0.6) is 0 Å². The first-order valence-corrected chi connectivity index (χ1v) is 9.14. The van der Waals surface area contributed by atoms with Crippen LogP contribution in [0.3, 0.4) is 0 Å². The van der Waals surface area contributed by atoms with E-state index in [9.17, 15) is 4.79 Å². The standard InChI is InChI=1S/C19H22N6O2/c1-12-18(13(2)27-24-12)17-9-15(20-11-21-17)8-14-4-3-7-25(10-14)19(26)16-5-6-22-23-16/h5-6,9,11,14H,3-4,7-8,10H2,1-2H3,(H,22,23)/t14-/m0/s1. The average molecular weight is 366 g/mol. The number of likely N-dealkylation sites (tertiary alicyclic amines) is 1. The molecule has 4 heterocycles. The lowest BCUT2D eigenvalue weighted by atomic mass is 9.92. The summed E-state index contributed by atoms with van der Waals surface area (Å²) in [6, 6.07) is 3.72. The van der Waals surface area contributed by atoms with Crippen LogP contribution in [0.1, 0.15) is 40.5 Å². The van der Waals surface area contributed by atoms with Crippen molar-refractivity contribution in [2.24, 2.45) is 5.92 Å². The summed E-state index contributed by atoms with van der Waals surface area (Å²) in [6.07, 6.45) is 6.08. The van der Waals surface area contributed by atoms with E-state index in [-0.39, 0.29) is 5.91 Å². The molecule has 1 amide bonds. The molecular weight excluding hydrogens is 344 g/mol. The smallest absolute Gasteiger partial charge is 0.271 e. The Hall–Kier alpha value is -3.03. The number of rotatable bonds is 4. The average Bonchev–Trinajstić information content (AvgIpc) is 3.32. The normalized spacial score (nSPS) is 17.3. The number of aryl methyl sites for hydroxylation is 2. The summed E-state index contributed by atoms with van der Waals surface area (Å²) in [6.45, 7) is 5.30. The maximum atomic E-state index is 12.6. The highest BCUT2D eigenvalue weighted by molar-refractivity contribution is 5.92. The van der Waals surface area contributed by atoms with Gasteiger partial charge < -0.3 is 9.42 Å². The van der Waals surface area contributed by atoms with Crippen LogP contribution in [-0.2, 0) is 6.42 Å². The van der Waals surface area contributed by atoms with Gasteiger partial charge in [-0.2, -0.15) is 5.10 Å². The quantitative estimate of drug-likeness (QED) is 0.761. The number of hydrogen-bond donors (Lipinski definition) is 1. The van der Waals surface area contributed by atoms with Gasteiger partial charge in [0.15, 0.2) is 0 Å². The van der Waals surface area contributed by atoms with E-state index in [2.05, 4.69) is 25.3 Å². The molecule has 1 aliphatic rings. The number of H-pyrrole nitrogens is 1. The first kappa shape index (κ1) is 17.4. The summed E-state index contributed by atoms with van der Waals surface area (Å²) in [5.74, 6) is 1.14. The van der Waals surface area contributed by atoms with Crippen LogP contribution in [0.4, 0.5) is 0 Å². The monoisotopic (exact) mass is 366 g/mol. The Bertz CT molecular complexity index is 914. The van der Waals surface area contributed by atoms with Crippen molar-refractivity contribution in [2.75, 3.05) is 13.1 Å². The molecule has 3 aromatic heterocycles. The van der Waals surface area contributed by atoms with Gasteiger partial charge in [0.2, 0.25) is 0 Å². The number of nitrogens with one attached hydrogen (secondary N) is 1. The van der Waals surface area contributed by atoms with E-state index < -0.39 is 0 Å². The van der Waals surface area contributed by atoms with Crippen molar-refractivity contribution in [2.45, 2.75) is 33.1 Å². The van der Waals surface area contributed by atoms with Crippen LogP contribution < -0.4 is 0 Å². The molecule has 0 saturated carbocycles. The van der Waals surface area contributed by atoms with Crippen molar-refractivity contribution in [3.05, 3.63) is 47.5 Å². The number of piperidine rings is 1. The first-order chi connectivity index (χ1) is 13.1. The van der Waals surface area contributed by atoms with Gasteiger partial charge in [0, 0.05) is 25.0 Å². The number of aromatic nitrogens is 5. The molecule has 140 valence electrons. The molecule has 0 spiro atoms. The summed E-state index contributed by atoms with van der Waals surface area (Å²) in [7, 11) is 0. The molecule has 1 saturated heterocycles. The fraction of sp³-hybridized carbons (Fsp3) is 0.421. The Labute approximate surface area is 157 Å². The third kappa shape index (κ3) is 3.60. The Balaban J connectivity index is 1.48. The predicted molar refractivity (Wildman–Crippen MR) is 97.9 cm³/mol. The van der Waals surface area contributed by atoms with Gasteiger partial charge in [-0.3, -0.25) is 9.89 Å². The maximum absolute atomic E-state index is 12.6. The van der Waals surface area contributed by atoms with Gasteiger partial charge >= 0.3 is 0 Å². The SMILES string of the molecule is Cc1noc(C)c1-c1cc(C[C@@H]2CCCN(C(=O)c3ccn[nH]3)C2)ncn1. The highest BCUT2D eigenvalue weighted by Gasteiger charge is 2.26. The van der Waals surface area contributed by atoms with Crippen LogP contribution in [0.15, 0.2) is 29.2 Å². The van der Waals surface area contributed by atoms with Gasteiger partial charge in [0.05, 0.1) is 17.0 Å². The number of carbonyl (C=O) groups is 1. The highest BCUT2D eigenvalue weighted by Crippen LogP contribution is 2.27. The molecule has 4 rings (SSSR count). The largest absolute Gasteiger partial charge is 0.361 e. The number of aromatic amines is 1. The zero-order valence-electron chi connectivity index (χ0n) is 15.5. The van der Waals surface area contributed by atoms with Crippen molar-refractivity contribution >= 4 is 5.91 Å². The van der Waals surface area contributed by atoms with Crippen LogP contribution in [0.2, 0.25) is 0 Å². The molecule has 1 fully saturated rings. The van der Waals surface area contributed by atoms with E-state index in [1.165, 1.54) is 0 Å². The Morgan fingerprint density at radius 1 is 1.37 bits per heavy atom. The Morgan fingerprint density at radius 3 is 3.00 bits per heavy atom. The molecule has 1 N–H and O–H groups in total. The number of hydrogen-bond acceptors (Lipinski definition) is 6. The molecular formula is C19H22N6O2. The van der Waals surface area contributed by atoms with Crippen LogP contribution in [0, 0.1) is 19.8 Å². The Morgan fingerprint density at radius 2 is 2.26 bits per heavy atom. The van der Waals surface area contributed by atoms with Crippen molar-refractivity contribution in [3.63, 3.8) is 0 Å². The van der Waals surface area contributed by atoms with Gasteiger partial charge in [0.25, 0.3) is 5.91 Å². The fourth-order valence-corrected chi connectivity index (χ4v) is 3.75. The molecule has 1 aliphatic heterocycles. The zero-order chi connectivity index (χ0) is 18.8. The van der Waals surface area contributed by atoms with Crippen molar-refractivity contribution in [1.29, 1.82) is 0 Å². The number of nitrogens with zero attached hydrogens (tertiary/aromatic N) is 5. The van der Waals surface area contributed by atoms with E-state index in [0.717, 1.165) is 60.8 Å². The zero-order valence-corrected chi connectivity index (χ0v) is 15.5. The molecule has 8 nitrogen and oxygen atoms in total. The Kier molecular flexibility index (Phi) is 4.70. The van der Waals surface area contributed by atoms with Crippen LogP contribution >= 0.6 is 0 Å². The van der Waals surface area contributed by atoms with E-state index >= 15 is 0 Å². The summed E-state index contributed by atoms with van der Waals surface area (Å²) in [4.78, 5) is 23.3. The van der Waals surface area contributed by atoms with Crippen molar-refractivity contribution in [3.8, 4) is 11.3 Å². The lowest BCUT2D eigenvalue weighted by molar-refractivity contribution is 0.0666. The summed E-state index contributed by atoms with van der Waals surface area (Å²) in [5, 5.41) is 10.6. The van der Waals surface area contributed by atoms with E-state index in [0.29, 0.717) is 11.6 Å². The molecule has 27 heavy (non-hydrogen) atoms. The maximum Gasteiger partial charge on any atom is 0.271 e. The fourth-order valence-electron chi connectivity index (χ4n) is 3.75. The second-order valence-electron chi connectivity index (χ2n) is 7.03. The van der Waals surface area contributed by atoms with Crippen molar-refractivity contribution < 1.29 is 9.32 Å². The van der Waals surface area contributed by atoms with Crippen LogP contribution in [0.25, 0.3) is 11.3 Å². The topological polar surface area (TPSA) is 101 Å². The predicted octanol–water partition coefficient (Wildman–Crippen LogP) is 2.57.